The maximum atomic E-state index is 13.0. The molecular formula is C18H18F3NO2. The summed E-state index contributed by atoms with van der Waals surface area (Å²) in [4.78, 5) is 10.8. The molecule has 0 amide bonds. The van der Waals surface area contributed by atoms with E-state index in [0.717, 1.165) is 11.6 Å². The van der Waals surface area contributed by atoms with Gasteiger partial charge in [0, 0.05) is 12.6 Å². The number of hydrogen-bond donors (Lipinski definition) is 2. The smallest absolute Gasteiger partial charge is 0.416 e. The van der Waals surface area contributed by atoms with Crippen LogP contribution >= 0.6 is 0 Å². The first-order valence-corrected chi connectivity index (χ1v) is 7.48. The minimum atomic E-state index is -4.36. The second kappa shape index (κ2) is 7.49. The molecule has 0 aliphatic carbocycles. The molecule has 0 fully saturated rings. The van der Waals surface area contributed by atoms with Gasteiger partial charge in [-0.2, -0.15) is 13.2 Å². The zero-order valence-electron chi connectivity index (χ0n) is 13.1. The molecule has 0 spiro atoms. The van der Waals surface area contributed by atoms with Crippen molar-refractivity contribution < 1.29 is 23.1 Å². The van der Waals surface area contributed by atoms with E-state index in [0.29, 0.717) is 6.54 Å². The fraction of sp³-hybridized carbons (Fsp3) is 0.278. The predicted molar refractivity (Wildman–Crippen MR) is 84.9 cm³/mol. The topological polar surface area (TPSA) is 49.3 Å². The summed E-state index contributed by atoms with van der Waals surface area (Å²) in [5.41, 5.74) is 0.720. The molecule has 6 heteroatoms. The molecule has 2 N–H and O–H groups in total. The van der Waals surface area contributed by atoms with Crippen LogP contribution in [0.4, 0.5) is 13.2 Å². The van der Waals surface area contributed by atoms with Crippen LogP contribution in [-0.2, 0) is 19.1 Å². The van der Waals surface area contributed by atoms with Gasteiger partial charge in [-0.25, -0.2) is 4.79 Å². The molecule has 0 aliphatic heterocycles. The third-order valence-corrected chi connectivity index (χ3v) is 3.70. The van der Waals surface area contributed by atoms with Crippen LogP contribution in [0.15, 0.2) is 48.5 Å². The highest BCUT2D eigenvalue weighted by Crippen LogP contribution is 2.32. The molecule has 2 rings (SSSR count). The van der Waals surface area contributed by atoms with E-state index in [-0.39, 0.29) is 23.6 Å². The van der Waals surface area contributed by atoms with Gasteiger partial charge in [0.1, 0.15) is 0 Å². The summed E-state index contributed by atoms with van der Waals surface area (Å²) in [5.74, 6) is -0.994. The van der Waals surface area contributed by atoms with Gasteiger partial charge in [0.15, 0.2) is 0 Å². The number of carboxylic acid groups (broad SMARTS) is 1. The van der Waals surface area contributed by atoms with Crippen LogP contribution in [0, 0.1) is 0 Å². The molecule has 128 valence electrons. The number of rotatable bonds is 6. The highest BCUT2D eigenvalue weighted by Gasteiger charge is 2.32. The number of benzene rings is 2. The Labute approximate surface area is 138 Å². The van der Waals surface area contributed by atoms with Gasteiger partial charge in [0.25, 0.3) is 0 Å². The molecule has 0 saturated heterocycles. The lowest BCUT2D eigenvalue weighted by atomic mass is 10.0. The molecule has 24 heavy (non-hydrogen) atoms. The number of halogens is 3. The molecule has 1 unspecified atom stereocenters. The van der Waals surface area contributed by atoms with E-state index in [2.05, 4.69) is 5.32 Å². The maximum absolute atomic E-state index is 13.0. The van der Waals surface area contributed by atoms with E-state index >= 15 is 0 Å². The number of nitrogens with one attached hydrogen (secondary N) is 1. The van der Waals surface area contributed by atoms with Crippen LogP contribution in [0.3, 0.4) is 0 Å². The first kappa shape index (κ1) is 18.0. The Hall–Kier alpha value is -2.34. The number of aromatic carboxylic acids is 1. The SMILES string of the molecule is CC(Cc1ccccc1C(F)(F)F)NCc1ccc(C(=O)O)cc1. The Balaban J connectivity index is 1.97. The van der Waals surface area contributed by atoms with Crippen molar-refractivity contribution >= 4 is 5.97 Å². The Bertz CT molecular complexity index is 696. The summed E-state index contributed by atoms with van der Waals surface area (Å²) in [5, 5.41) is 12.0. The van der Waals surface area contributed by atoms with Gasteiger partial charge in [-0.15, -0.1) is 0 Å². The molecule has 0 heterocycles. The summed E-state index contributed by atoms with van der Waals surface area (Å²) >= 11 is 0. The minimum absolute atomic E-state index is 0.160. The van der Waals surface area contributed by atoms with Crippen LogP contribution in [0.5, 0.6) is 0 Å². The van der Waals surface area contributed by atoms with Crippen molar-refractivity contribution in [2.75, 3.05) is 0 Å². The van der Waals surface area contributed by atoms with Gasteiger partial charge < -0.3 is 10.4 Å². The van der Waals surface area contributed by atoms with E-state index < -0.39 is 17.7 Å². The first-order valence-electron chi connectivity index (χ1n) is 7.48. The van der Waals surface area contributed by atoms with Gasteiger partial charge in [-0.05, 0) is 42.7 Å². The van der Waals surface area contributed by atoms with Gasteiger partial charge in [-0.1, -0.05) is 30.3 Å². The van der Waals surface area contributed by atoms with Crippen LogP contribution < -0.4 is 5.32 Å². The average molecular weight is 337 g/mol. The third kappa shape index (κ3) is 4.83. The summed E-state index contributed by atoms with van der Waals surface area (Å²) in [6.45, 7) is 2.27. The average Bonchev–Trinajstić information content (AvgIpc) is 2.53. The lowest BCUT2D eigenvalue weighted by molar-refractivity contribution is -0.138. The molecule has 0 radical (unpaired) electrons. The fourth-order valence-corrected chi connectivity index (χ4v) is 2.43. The number of hydrogen-bond acceptors (Lipinski definition) is 2. The number of alkyl halides is 3. The van der Waals surface area contributed by atoms with E-state index in [1.807, 2.05) is 6.92 Å². The highest BCUT2D eigenvalue weighted by atomic mass is 19.4. The standard InChI is InChI=1S/C18H18F3NO2/c1-12(10-15-4-2-3-5-16(15)18(19,20)21)22-11-13-6-8-14(9-7-13)17(23)24/h2-9,12,22H,10-11H2,1H3,(H,23,24). The van der Waals surface area contributed by atoms with Crippen molar-refractivity contribution in [2.24, 2.45) is 0 Å². The molecular weight excluding hydrogens is 319 g/mol. The third-order valence-electron chi connectivity index (χ3n) is 3.70. The molecule has 2 aromatic rings. The van der Waals surface area contributed by atoms with E-state index in [9.17, 15) is 18.0 Å². The predicted octanol–water partition coefficient (Wildman–Crippen LogP) is 4.12. The minimum Gasteiger partial charge on any atom is -0.478 e. The second-order valence-electron chi connectivity index (χ2n) is 5.64. The Morgan fingerprint density at radius 3 is 2.33 bits per heavy atom. The van der Waals surface area contributed by atoms with Crippen molar-refractivity contribution in [3.63, 3.8) is 0 Å². The number of carbonyl (C=O) groups is 1. The summed E-state index contributed by atoms with van der Waals surface area (Å²) in [6, 6.07) is 11.8. The van der Waals surface area contributed by atoms with Crippen molar-refractivity contribution in [1.29, 1.82) is 0 Å². The van der Waals surface area contributed by atoms with E-state index in [1.54, 1.807) is 18.2 Å². The Morgan fingerprint density at radius 1 is 1.12 bits per heavy atom. The van der Waals surface area contributed by atoms with E-state index in [4.69, 9.17) is 5.11 Å². The summed E-state index contributed by atoms with van der Waals surface area (Å²) < 4.78 is 39.0. The second-order valence-corrected chi connectivity index (χ2v) is 5.64. The molecule has 0 bridgehead atoms. The lowest BCUT2D eigenvalue weighted by Gasteiger charge is -2.18. The zero-order valence-corrected chi connectivity index (χ0v) is 13.1. The fourth-order valence-electron chi connectivity index (χ4n) is 2.43. The maximum Gasteiger partial charge on any atom is 0.416 e. The summed E-state index contributed by atoms with van der Waals surface area (Å²) in [6.07, 6.45) is -4.11. The lowest BCUT2D eigenvalue weighted by Crippen LogP contribution is -2.28. The zero-order chi connectivity index (χ0) is 17.7. The quantitative estimate of drug-likeness (QED) is 0.833. The first-order chi connectivity index (χ1) is 11.3. The van der Waals surface area contributed by atoms with E-state index in [1.165, 1.54) is 24.3 Å². The van der Waals surface area contributed by atoms with Gasteiger partial charge in [0.2, 0.25) is 0 Å². The largest absolute Gasteiger partial charge is 0.478 e. The monoisotopic (exact) mass is 337 g/mol. The molecule has 1 atom stereocenters. The van der Waals surface area contributed by atoms with Gasteiger partial charge in [-0.3, -0.25) is 0 Å². The van der Waals surface area contributed by atoms with Gasteiger partial charge in [0.05, 0.1) is 11.1 Å². The van der Waals surface area contributed by atoms with Crippen molar-refractivity contribution in [3.8, 4) is 0 Å². The molecule has 3 nitrogen and oxygen atoms in total. The van der Waals surface area contributed by atoms with Crippen molar-refractivity contribution in [2.45, 2.75) is 32.1 Å². The summed E-state index contributed by atoms with van der Waals surface area (Å²) in [7, 11) is 0. The normalized spacial score (nSPS) is 12.8. The van der Waals surface area contributed by atoms with Crippen molar-refractivity contribution in [3.05, 3.63) is 70.8 Å². The van der Waals surface area contributed by atoms with Crippen LogP contribution in [0.2, 0.25) is 0 Å². The van der Waals surface area contributed by atoms with Gasteiger partial charge >= 0.3 is 12.1 Å². The van der Waals surface area contributed by atoms with Crippen molar-refractivity contribution in [1.82, 2.24) is 5.32 Å². The van der Waals surface area contributed by atoms with Crippen LogP contribution in [-0.4, -0.2) is 17.1 Å². The molecule has 2 aromatic carbocycles. The molecule has 0 aliphatic rings. The highest BCUT2D eigenvalue weighted by molar-refractivity contribution is 5.87. The molecule has 0 saturated carbocycles. The van der Waals surface area contributed by atoms with Crippen LogP contribution in [0.25, 0.3) is 0 Å². The number of carboxylic acids is 1. The Kier molecular flexibility index (Phi) is 5.62. The Morgan fingerprint density at radius 2 is 1.75 bits per heavy atom. The molecule has 0 aromatic heterocycles. The van der Waals surface area contributed by atoms with Crippen LogP contribution in [0.1, 0.15) is 34.0 Å².